The fourth-order valence-corrected chi connectivity index (χ4v) is 2.54. The Hall–Kier alpha value is -0.890. The molecule has 3 heteroatoms. The fourth-order valence-electron chi connectivity index (χ4n) is 2.37. The molecule has 1 fully saturated rings. The maximum Gasteiger partial charge on any atom is 0.0591 e. The summed E-state index contributed by atoms with van der Waals surface area (Å²) in [6.07, 6.45) is 2.71. The molecule has 1 heterocycles. The molecule has 15 heavy (non-hydrogen) atoms. The molecule has 0 spiro atoms. The van der Waals surface area contributed by atoms with E-state index in [4.69, 9.17) is 11.6 Å². The van der Waals surface area contributed by atoms with Crippen molar-refractivity contribution < 1.29 is 0 Å². The number of rotatable bonds is 1. The van der Waals surface area contributed by atoms with E-state index in [2.05, 4.69) is 23.6 Å². The number of fused-ring (bicyclic) bond motifs is 1. The van der Waals surface area contributed by atoms with Gasteiger partial charge in [-0.3, -0.25) is 0 Å². The van der Waals surface area contributed by atoms with Crippen LogP contribution in [0.2, 0.25) is 5.02 Å². The highest BCUT2D eigenvalue weighted by atomic mass is 35.5. The van der Waals surface area contributed by atoms with Gasteiger partial charge in [0.2, 0.25) is 0 Å². The summed E-state index contributed by atoms with van der Waals surface area (Å²) >= 11 is 5.95. The van der Waals surface area contributed by atoms with Gasteiger partial charge in [-0.15, -0.1) is 0 Å². The van der Waals surface area contributed by atoms with Gasteiger partial charge in [0.25, 0.3) is 0 Å². The van der Waals surface area contributed by atoms with Crippen molar-refractivity contribution in [2.45, 2.75) is 25.3 Å². The molecule has 2 aliphatic rings. The van der Waals surface area contributed by atoms with E-state index in [1.807, 2.05) is 12.1 Å². The smallest absolute Gasteiger partial charge is 0.0591 e. The lowest BCUT2D eigenvalue weighted by Gasteiger charge is -2.38. The van der Waals surface area contributed by atoms with Gasteiger partial charge in [0, 0.05) is 11.6 Å². The van der Waals surface area contributed by atoms with Crippen LogP contribution >= 0.6 is 11.6 Å². The predicted octanol–water partition coefficient (Wildman–Crippen LogP) is 3.35. The first-order valence-electron chi connectivity index (χ1n) is 5.49. The number of benzene rings is 1. The maximum atomic E-state index is 5.95. The van der Waals surface area contributed by atoms with Crippen LogP contribution in [0.3, 0.4) is 0 Å². The summed E-state index contributed by atoms with van der Waals surface area (Å²) in [5.41, 5.74) is 2.53. The van der Waals surface area contributed by atoms with Crippen LogP contribution in [-0.4, -0.2) is 12.1 Å². The molecular formula is C12H15ClN2. The molecule has 0 saturated heterocycles. The van der Waals surface area contributed by atoms with Gasteiger partial charge in [0.05, 0.1) is 16.9 Å². The molecule has 1 aliphatic carbocycles. The summed E-state index contributed by atoms with van der Waals surface area (Å²) in [4.78, 5) is 0. The summed E-state index contributed by atoms with van der Waals surface area (Å²) < 4.78 is 0. The number of hydrogen-bond acceptors (Lipinski definition) is 2. The Morgan fingerprint density at radius 1 is 1.33 bits per heavy atom. The molecule has 2 nitrogen and oxygen atoms in total. The highest BCUT2D eigenvalue weighted by molar-refractivity contribution is 6.31. The van der Waals surface area contributed by atoms with E-state index < -0.39 is 0 Å². The summed E-state index contributed by atoms with van der Waals surface area (Å²) in [6.45, 7) is 3.29. The monoisotopic (exact) mass is 222 g/mol. The number of anilines is 2. The zero-order valence-electron chi connectivity index (χ0n) is 8.81. The molecule has 1 aromatic carbocycles. The molecule has 0 aromatic heterocycles. The minimum absolute atomic E-state index is 0.223. The lowest BCUT2D eigenvalue weighted by molar-refractivity contribution is 0.466. The largest absolute Gasteiger partial charge is 0.381 e. The second kappa shape index (κ2) is 3.05. The van der Waals surface area contributed by atoms with E-state index in [0.29, 0.717) is 0 Å². The Labute approximate surface area is 95.0 Å². The topological polar surface area (TPSA) is 24.1 Å². The first-order valence-corrected chi connectivity index (χ1v) is 5.87. The molecule has 1 atom stereocenters. The van der Waals surface area contributed by atoms with Crippen LogP contribution < -0.4 is 10.6 Å². The van der Waals surface area contributed by atoms with Crippen molar-refractivity contribution in [3.05, 3.63) is 23.2 Å². The molecule has 0 radical (unpaired) electrons. The molecule has 2 N–H and O–H groups in total. The van der Waals surface area contributed by atoms with E-state index in [-0.39, 0.29) is 5.54 Å². The summed E-state index contributed by atoms with van der Waals surface area (Å²) in [6, 6.07) is 5.98. The number of hydrogen-bond donors (Lipinski definition) is 2. The maximum absolute atomic E-state index is 5.95. The quantitative estimate of drug-likeness (QED) is 0.762. The molecule has 0 amide bonds. The molecule has 0 bridgehead atoms. The zero-order valence-corrected chi connectivity index (χ0v) is 9.56. The number of halogens is 1. The molecule has 3 rings (SSSR count). The van der Waals surface area contributed by atoms with Crippen molar-refractivity contribution in [2.24, 2.45) is 5.92 Å². The Bertz CT molecular complexity index is 401. The molecule has 80 valence electrons. The average Bonchev–Trinajstić information content (AvgIpc) is 3.02. The minimum Gasteiger partial charge on any atom is -0.381 e. The van der Waals surface area contributed by atoms with Crippen LogP contribution in [-0.2, 0) is 0 Å². The lowest BCUT2D eigenvalue weighted by Crippen LogP contribution is -2.47. The Morgan fingerprint density at radius 3 is 2.87 bits per heavy atom. The van der Waals surface area contributed by atoms with Gasteiger partial charge < -0.3 is 10.6 Å². The van der Waals surface area contributed by atoms with Gasteiger partial charge in [-0.2, -0.15) is 0 Å². The van der Waals surface area contributed by atoms with E-state index >= 15 is 0 Å². The van der Waals surface area contributed by atoms with E-state index in [1.54, 1.807) is 0 Å². The molecule has 1 unspecified atom stereocenters. The van der Waals surface area contributed by atoms with Gasteiger partial charge in [-0.1, -0.05) is 11.6 Å². The Balaban J connectivity index is 1.92. The first-order chi connectivity index (χ1) is 7.17. The molecule has 1 saturated carbocycles. The van der Waals surface area contributed by atoms with Gasteiger partial charge >= 0.3 is 0 Å². The van der Waals surface area contributed by atoms with E-state index in [1.165, 1.54) is 18.5 Å². The highest BCUT2D eigenvalue weighted by Crippen LogP contribution is 2.44. The molecule has 1 aromatic rings. The fraction of sp³-hybridized carbons (Fsp3) is 0.500. The lowest BCUT2D eigenvalue weighted by atomic mass is 9.93. The van der Waals surface area contributed by atoms with E-state index in [9.17, 15) is 0 Å². The van der Waals surface area contributed by atoms with Gasteiger partial charge in [0.15, 0.2) is 0 Å². The third-order valence-corrected chi connectivity index (χ3v) is 3.76. The summed E-state index contributed by atoms with van der Waals surface area (Å²) in [7, 11) is 0. The average molecular weight is 223 g/mol. The second-order valence-corrected chi connectivity index (χ2v) is 5.30. The van der Waals surface area contributed by atoms with Crippen LogP contribution in [0, 0.1) is 5.92 Å². The normalized spacial score (nSPS) is 28.9. The number of nitrogens with one attached hydrogen (secondary N) is 2. The Morgan fingerprint density at radius 2 is 2.13 bits per heavy atom. The second-order valence-electron chi connectivity index (χ2n) is 4.86. The van der Waals surface area contributed by atoms with Crippen molar-refractivity contribution in [1.82, 2.24) is 0 Å². The minimum atomic E-state index is 0.223. The summed E-state index contributed by atoms with van der Waals surface area (Å²) in [5.74, 6) is 0.828. The first kappa shape index (κ1) is 9.34. The van der Waals surface area contributed by atoms with Crippen LogP contribution in [0.15, 0.2) is 18.2 Å². The zero-order chi connectivity index (χ0) is 10.5. The van der Waals surface area contributed by atoms with Crippen LogP contribution in [0.25, 0.3) is 0 Å². The van der Waals surface area contributed by atoms with Crippen molar-refractivity contribution in [3.8, 4) is 0 Å². The highest BCUT2D eigenvalue weighted by Gasteiger charge is 2.43. The predicted molar refractivity (Wildman–Crippen MR) is 64.7 cm³/mol. The molecular weight excluding hydrogens is 208 g/mol. The van der Waals surface area contributed by atoms with Crippen molar-refractivity contribution in [2.75, 3.05) is 17.2 Å². The third-order valence-electron chi connectivity index (χ3n) is 3.53. The van der Waals surface area contributed by atoms with Crippen LogP contribution in [0.1, 0.15) is 19.8 Å². The van der Waals surface area contributed by atoms with Gasteiger partial charge in [-0.25, -0.2) is 0 Å². The van der Waals surface area contributed by atoms with Gasteiger partial charge in [-0.05, 0) is 43.9 Å². The van der Waals surface area contributed by atoms with Crippen LogP contribution in [0.5, 0.6) is 0 Å². The third kappa shape index (κ3) is 1.57. The SMILES string of the molecule is CC1(C2CC2)CNc2cc(Cl)ccc2N1. The standard InChI is InChI=1S/C12H15ClN2/c1-12(8-2-3-8)7-14-11-6-9(13)4-5-10(11)15-12/h4-6,8,14-15H,2-3,7H2,1H3. The van der Waals surface area contributed by atoms with Crippen LogP contribution in [0.4, 0.5) is 11.4 Å². The van der Waals surface area contributed by atoms with Crippen molar-refractivity contribution in [1.29, 1.82) is 0 Å². The van der Waals surface area contributed by atoms with Crippen molar-refractivity contribution >= 4 is 23.0 Å². The van der Waals surface area contributed by atoms with Crippen molar-refractivity contribution in [3.63, 3.8) is 0 Å². The Kier molecular flexibility index (Phi) is 1.90. The summed E-state index contributed by atoms with van der Waals surface area (Å²) in [5, 5.41) is 7.90. The molecule has 1 aliphatic heterocycles. The van der Waals surface area contributed by atoms with E-state index in [0.717, 1.165) is 23.2 Å². The van der Waals surface area contributed by atoms with Gasteiger partial charge in [0.1, 0.15) is 0 Å².